The zero-order valence-corrected chi connectivity index (χ0v) is 21.3. The highest BCUT2D eigenvalue weighted by atomic mass is 16.3. The molecule has 5 heteroatoms. The molecule has 0 radical (unpaired) electrons. The first kappa shape index (κ1) is 24.7. The van der Waals surface area contributed by atoms with Gasteiger partial charge in [0.15, 0.2) is 0 Å². The normalized spacial score (nSPS) is 14.4. The first-order valence-electron chi connectivity index (χ1n) is 12.9. The number of phenolic OH excluding ortho intramolecular Hbond substituents is 1. The van der Waals surface area contributed by atoms with Gasteiger partial charge in [-0.25, -0.2) is 0 Å². The molecule has 0 atom stereocenters. The molecule has 1 aromatic heterocycles. The molecule has 1 N–H and O–H groups in total. The molecule has 1 saturated heterocycles. The van der Waals surface area contributed by atoms with Gasteiger partial charge in [0.25, 0.3) is 5.91 Å². The third-order valence-electron chi connectivity index (χ3n) is 7.20. The van der Waals surface area contributed by atoms with Crippen molar-refractivity contribution in [1.29, 1.82) is 0 Å². The highest BCUT2D eigenvalue weighted by Crippen LogP contribution is 2.25. The zero-order valence-electron chi connectivity index (χ0n) is 21.3. The van der Waals surface area contributed by atoms with E-state index in [1.54, 1.807) is 18.3 Å². The van der Waals surface area contributed by atoms with Gasteiger partial charge in [0, 0.05) is 50.2 Å². The van der Waals surface area contributed by atoms with Crippen molar-refractivity contribution in [2.24, 2.45) is 0 Å². The Kier molecular flexibility index (Phi) is 7.62. The van der Waals surface area contributed by atoms with Crippen molar-refractivity contribution < 1.29 is 9.90 Å². The number of rotatable bonds is 7. The number of hydrogen-bond donors (Lipinski definition) is 1. The largest absolute Gasteiger partial charge is 0.508 e. The van der Waals surface area contributed by atoms with E-state index in [1.165, 1.54) is 5.56 Å². The van der Waals surface area contributed by atoms with Crippen LogP contribution in [0.1, 0.15) is 39.9 Å². The van der Waals surface area contributed by atoms with Crippen molar-refractivity contribution in [3.63, 3.8) is 0 Å². The van der Waals surface area contributed by atoms with Crippen molar-refractivity contribution in [1.82, 2.24) is 14.8 Å². The number of aryl methyl sites for hydroxylation is 1. The standard InChI is InChI=1S/C32H33N3O2/c1-24-4-10-28(11-5-24)32(37)35(23-26-6-12-27(13-7-26)29-3-2-18-33-21-29)30-16-19-34(20-17-30)22-25-8-14-31(36)15-9-25/h2-15,18,21,30,36H,16-17,19-20,22-23H2,1H3. The number of pyridine rings is 1. The molecule has 1 amide bonds. The Hall–Kier alpha value is -3.96. The summed E-state index contributed by atoms with van der Waals surface area (Å²) < 4.78 is 0. The maximum Gasteiger partial charge on any atom is 0.254 e. The number of aromatic nitrogens is 1. The number of aromatic hydroxyl groups is 1. The number of phenols is 1. The molecule has 0 saturated carbocycles. The quantitative estimate of drug-likeness (QED) is 0.341. The summed E-state index contributed by atoms with van der Waals surface area (Å²) in [7, 11) is 0. The van der Waals surface area contributed by atoms with E-state index in [0.29, 0.717) is 12.3 Å². The van der Waals surface area contributed by atoms with E-state index in [2.05, 4.69) is 45.1 Å². The smallest absolute Gasteiger partial charge is 0.254 e. The van der Waals surface area contributed by atoms with E-state index < -0.39 is 0 Å². The molecule has 2 heterocycles. The van der Waals surface area contributed by atoms with Gasteiger partial charge in [0.2, 0.25) is 0 Å². The molecule has 0 bridgehead atoms. The monoisotopic (exact) mass is 491 g/mol. The molecule has 0 aliphatic carbocycles. The first-order chi connectivity index (χ1) is 18.0. The lowest BCUT2D eigenvalue weighted by Crippen LogP contribution is -2.46. The van der Waals surface area contributed by atoms with Crippen LogP contribution in [0.5, 0.6) is 5.75 Å². The van der Waals surface area contributed by atoms with E-state index in [0.717, 1.165) is 60.3 Å². The Labute approximate surface area is 219 Å². The fourth-order valence-corrected chi connectivity index (χ4v) is 5.01. The maximum absolute atomic E-state index is 13.7. The van der Waals surface area contributed by atoms with Gasteiger partial charge >= 0.3 is 0 Å². The highest BCUT2D eigenvalue weighted by Gasteiger charge is 2.29. The van der Waals surface area contributed by atoms with Crippen LogP contribution in [0.3, 0.4) is 0 Å². The Morgan fingerprint density at radius 2 is 1.57 bits per heavy atom. The number of likely N-dealkylation sites (tertiary alicyclic amines) is 1. The summed E-state index contributed by atoms with van der Waals surface area (Å²) >= 11 is 0. The summed E-state index contributed by atoms with van der Waals surface area (Å²) in [4.78, 5) is 22.5. The Morgan fingerprint density at radius 3 is 2.22 bits per heavy atom. The van der Waals surface area contributed by atoms with Crippen LogP contribution in [0.4, 0.5) is 0 Å². The third-order valence-corrected chi connectivity index (χ3v) is 7.20. The molecule has 5 rings (SSSR count). The van der Waals surface area contributed by atoms with Crippen LogP contribution in [0, 0.1) is 6.92 Å². The summed E-state index contributed by atoms with van der Waals surface area (Å²) in [5, 5.41) is 9.56. The van der Waals surface area contributed by atoms with Gasteiger partial charge in [-0.3, -0.25) is 14.7 Å². The van der Waals surface area contributed by atoms with Gasteiger partial charge in [-0.05, 0) is 72.4 Å². The van der Waals surface area contributed by atoms with Crippen molar-refractivity contribution in [3.05, 3.63) is 120 Å². The lowest BCUT2D eigenvalue weighted by Gasteiger charge is -2.39. The van der Waals surface area contributed by atoms with Crippen molar-refractivity contribution in [3.8, 4) is 16.9 Å². The average Bonchev–Trinajstić information content (AvgIpc) is 2.94. The van der Waals surface area contributed by atoms with Crippen LogP contribution in [0.15, 0.2) is 97.3 Å². The summed E-state index contributed by atoms with van der Waals surface area (Å²) in [6.45, 7) is 5.35. The lowest BCUT2D eigenvalue weighted by molar-refractivity contribution is 0.0543. The summed E-state index contributed by atoms with van der Waals surface area (Å²) in [6.07, 6.45) is 5.52. The Balaban J connectivity index is 1.31. The average molecular weight is 492 g/mol. The van der Waals surface area contributed by atoms with E-state index in [4.69, 9.17) is 0 Å². The van der Waals surface area contributed by atoms with Gasteiger partial charge in [0.05, 0.1) is 0 Å². The topological polar surface area (TPSA) is 56.7 Å². The number of carbonyl (C=O) groups excluding carboxylic acids is 1. The molecule has 1 aliphatic heterocycles. The summed E-state index contributed by atoms with van der Waals surface area (Å²) in [5.41, 5.74) is 6.41. The molecular formula is C32H33N3O2. The summed E-state index contributed by atoms with van der Waals surface area (Å²) in [5.74, 6) is 0.384. The lowest BCUT2D eigenvalue weighted by atomic mass is 9.99. The van der Waals surface area contributed by atoms with Gasteiger partial charge in [-0.1, -0.05) is 60.2 Å². The molecule has 4 aromatic rings. The molecule has 5 nitrogen and oxygen atoms in total. The molecule has 1 fully saturated rings. The van der Waals surface area contributed by atoms with Crippen LogP contribution in [-0.4, -0.2) is 44.9 Å². The van der Waals surface area contributed by atoms with Crippen LogP contribution in [0.2, 0.25) is 0 Å². The van der Waals surface area contributed by atoms with Crippen molar-refractivity contribution >= 4 is 5.91 Å². The second-order valence-corrected chi connectivity index (χ2v) is 9.91. The van der Waals surface area contributed by atoms with Crippen LogP contribution >= 0.6 is 0 Å². The van der Waals surface area contributed by atoms with Crippen LogP contribution < -0.4 is 0 Å². The van der Waals surface area contributed by atoms with E-state index in [-0.39, 0.29) is 11.9 Å². The predicted molar refractivity (Wildman–Crippen MR) is 147 cm³/mol. The molecule has 37 heavy (non-hydrogen) atoms. The van der Waals surface area contributed by atoms with E-state index >= 15 is 0 Å². The maximum atomic E-state index is 13.7. The number of benzene rings is 3. The molecule has 3 aromatic carbocycles. The third kappa shape index (κ3) is 6.25. The molecule has 1 aliphatic rings. The number of nitrogens with zero attached hydrogens (tertiary/aromatic N) is 3. The number of piperidine rings is 1. The Bertz CT molecular complexity index is 1300. The molecule has 0 unspecified atom stereocenters. The number of hydrogen-bond acceptors (Lipinski definition) is 4. The molecular weight excluding hydrogens is 458 g/mol. The van der Waals surface area contributed by atoms with Crippen LogP contribution in [0.25, 0.3) is 11.1 Å². The minimum atomic E-state index is 0.0910. The van der Waals surface area contributed by atoms with Crippen molar-refractivity contribution in [2.75, 3.05) is 13.1 Å². The zero-order chi connectivity index (χ0) is 25.6. The fraction of sp³-hybridized carbons (Fsp3) is 0.250. The minimum absolute atomic E-state index is 0.0910. The SMILES string of the molecule is Cc1ccc(C(=O)N(Cc2ccc(-c3cccnc3)cc2)C2CCN(Cc3ccc(O)cc3)CC2)cc1. The van der Waals surface area contributed by atoms with Gasteiger partial charge in [-0.15, -0.1) is 0 Å². The van der Waals surface area contributed by atoms with Gasteiger partial charge < -0.3 is 10.0 Å². The van der Waals surface area contributed by atoms with Crippen molar-refractivity contribution in [2.45, 2.75) is 38.9 Å². The number of carbonyl (C=O) groups is 1. The number of amides is 1. The van der Waals surface area contributed by atoms with E-state index in [9.17, 15) is 9.90 Å². The minimum Gasteiger partial charge on any atom is -0.508 e. The molecule has 0 spiro atoms. The van der Waals surface area contributed by atoms with Crippen LogP contribution in [-0.2, 0) is 13.1 Å². The first-order valence-corrected chi connectivity index (χ1v) is 12.9. The second kappa shape index (κ2) is 11.4. The fourth-order valence-electron chi connectivity index (χ4n) is 5.01. The summed E-state index contributed by atoms with van der Waals surface area (Å²) in [6, 6.07) is 28.0. The Morgan fingerprint density at radius 1 is 0.892 bits per heavy atom. The highest BCUT2D eigenvalue weighted by molar-refractivity contribution is 5.94. The molecule has 188 valence electrons. The predicted octanol–water partition coefficient (Wildman–Crippen LogP) is 6.07. The van der Waals surface area contributed by atoms with Gasteiger partial charge in [-0.2, -0.15) is 0 Å². The second-order valence-electron chi connectivity index (χ2n) is 9.91. The van der Waals surface area contributed by atoms with E-state index in [1.807, 2.05) is 55.6 Å². The van der Waals surface area contributed by atoms with Gasteiger partial charge in [0.1, 0.15) is 5.75 Å².